The van der Waals surface area contributed by atoms with Gasteiger partial charge in [0.05, 0.1) is 0 Å². The third kappa shape index (κ3) is 2.07. The highest BCUT2D eigenvalue weighted by Crippen LogP contribution is 2.31. The van der Waals surface area contributed by atoms with Gasteiger partial charge in [-0.3, -0.25) is 0 Å². The van der Waals surface area contributed by atoms with Crippen LogP contribution in [0.15, 0.2) is 0 Å². The van der Waals surface area contributed by atoms with Crippen LogP contribution in [0.4, 0.5) is 0 Å². The van der Waals surface area contributed by atoms with Crippen molar-refractivity contribution in [3.05, 3.63) is 0 Å². The summed E-state index contributed by atoms with van der Waals surface area (Å²) in [5.41, 5.74) is 0. The Morgan fingerprint density at radius 1 is 1.08 bits per heavy atom. The third-order valence-electron chi connectivity index (χ3n) is 4.04. The van der Waals surface area contributed by atoms with Crippen molar-refractivity contribution in [2.45, 2.75) is 52.0 Å². The predicted octanol–water partition coefficient (Wildman–Crippen LogP) is 2.91. The second-order valence-corrected chi connectivity index (χ2v) is 5.23. The summed E-state index contributed by atoms with van der Waals surface area (Å²) in [6.45, 7) is 7.53. The van der Waals surface area contributed by atoms with Crippen LogP contribution in [0.25, 0.3) is 0 Å². The molecular weight excluding hydrogens is 158 g/mol. The summed E-state index contributed by atoms with van der Waals surface area (Å²) in [7, 11) is 0. The Balaban J connectivity index is 1.83. The first-order valence-corrected chi connectivity index (χ1v) is 6.01. The fourth-order valence-corrected chi connectivity index (χ4v) is 2.96. The second-order valence-electron chi connectivity index (χ2n) is 5.23. The van der Waals surface area contributed by atoms with E-state index in [-0.39, 0.29) is 0 Å². The SMILES string of the molecule is CC(C)C1CCN(C2CCCC2)C1. The summed E-state index contributed by atoms with van der Waals surface area (Å²) in [6, 6.07) is 0.962. The molecule has 1 atom stereocenters. The number of nitrogens with zero attached hydrogens (tertiary/aromatic N) is 1. The Bertz CT molecular complexity index is 159. The molecule has 1 saturated heterocycles. The summed E-state index contributed by atoms with van der Waals surface area (Å²) >= 11 is 0. The third-order valence-corrected chi connectivity index (χ3v) is 4.04. The fourth-order valence-electron chi connectivity index (χ4n) is 2.96. The molecule has 1 saturated carbocycles. The van der Waals surface area contributed by atoms with E-state index in [1.165, 1.54) is 45.2 Å². The van der Waals surface area contributed by atoms with Crippen LogP contribution in [0.3, 0.4) is 0 Å². The van der Waals surface area contributed by atoms with Gasteiger partial charge in [0.25, 0.3) is 0 Å². The van der Waals surface area contributed by atoms with E-state index in [4.69, 9.17) is 0 Å². The van der Waals surface area contributed by atoms with Gasteiger partial charge in [0.1, 0.15) is 0 Å². The molecule has 0 aromatic carbocycles. The molecule has 2 fully saturated rings. The first kappa shape index (κ1) is 9.51. The molecule has 1 aliphatic heterocycles. The van der Waals surface area contributed by atoms with E-state index in [1.807, 2.05) is 0 Å². The first-order chi connectivity index (χ1) is 6.27. The van der Waals surface area contributed by atoms with Gasteiger partial charge in [-0.25, -0.2) is 0 Å². The highest BCUT2D eigenvalue weighted by atomic mass is 15.2. The maximum Gasteiger partial charge on any atom is 0.00953 e. The highest BCUT2D eigenvalue weighted by Gasteiger charge is 2.30. The molecule has 0 aromatic heterocycles. The largest absolute Gasteiger partial charge is 0.300 e. The van der Waals surface area contributed by atoms with Crippen LogP contribution in [0.1, 0.15) is 46.0 Å². The molecular formula is C12H23N. The molecule has 0 N–H and O–H groups in total. The average molecular weight is 181 g/mol. The predicted molar refractivity (Wildman–Crippen MR) is 56.8 cm³/mol. The molecule has 1 heteroatoms. The van der Waals surface area contributed by atoms with Crippen LogP contribution in [0.5, 0.6) is 0 Å². The normalized spacial score (nSPS) is 32.1. The quantitative estimate of drug-likeness (QED) is 0.633. The summed E-state index contributed by atoms with van der Waals surface area (Å²) < 4.78 is 0. The van der Waals surface area contributed by atoms with Crippen LogP contribution >= 0.6 is 0 Å². The topological polar surface area (TPSA) is 3.24 Å². The van der Waals surface area contributed by atoms with Gasteiger partial charge >= 0.3 is 0 Å². The summed E-state index contributed by atoms with van der Waals surface area (Å²) in [5, 5.41) is 0. The Hall–Kier alpha value is -0.0400. The van der Waals surface area contributed by atoms with Gasteiger partial charge in [-0.15, -0.1) is 0 Å². The van der Waals surface area contributed by atoms with E-state index >= 15 is 0 Å². The van der Waals surface area contributed by atoms with Crippen LogP contribution < -0.4 is 0 Å². The van der Waals surface area contributed by atoms with Crippen molar-refractivity contribution in [2.24, 2.45) is 11.8 Å². The van der Waals surface area contributed by atoms with Crippen molar-refractivity contribution in [2.75, 3.05) is 13.1 Å². The van der Waals surface area contributed by atoms with Crippen LogP contribution in [0.2, 0.25) is 0 Å². The van der Waals surface area contributed by atoms with Gasteiger partial charge in [0, 0.05) is 12.6 Å². The summed E-state index contributed by atoms with van der Waals surface area (Å²) in [6.07, 6.45) is 7.37. The van der Waals surface area contributed by atoms with Crippen molar-refractivity contribution < 1.29 is 0 Å². The number of likely N-dealkylation sites (tertiary alicyclic amines) is 1. The average Bonchev–Trinajstić information content (AvgIpc) is 2.75. The molecule has 0 aromatic rings. The Morgan fingerprint density at radius 3 is 2.31 bits per heavy atom. The molecule has 13 heavy (non-hydrogen) atoms. The molecule has 0 bridgehead atoms. The first-order valence-electron chi connectivity index (χ1n) is 6.01. The number of rotatable bonds is 2. The monoisotopic (exact) mass is 181 g/mol. The fraction of sp³-hybridized carbons (Fsp3) is 1.00. The van der Waals surface area contributed by atoms with Crippen molar-refractivity contribution in [3.63, 3.8) is 0 Å². The smallest absolute Gasteiger partial charge is 0.00953 e. The summed E-state index contributed by atoms with van der Waals surface area (Å²) in [5.74, 6) is 1.88. The Labute approximate surface area is 82.5 Å². The van der Waals surface area contributed by atoms with E-state index in [1.54, 1.807) is 0 Å². The molecule has 2 rings (SSSR count). The Kier molecular flexibility index (Phi) is 2.92. The van der Waals surface area contributed by atoms with E-state index in [0.717, 1.165) is 17.9 Å². The van der Waals surface area contributed by atoms with Gasteiger partial charge in [-0.2, -0.15) is 0 Å². The zero-order valence-corrected chi connectivity index (χ0v) is 9.13. The zero-order chi connectivity index (χ0) is 9.26. The van der Waals surface area contributed by atoms with Gasteiger partial charge < -0.3 is 4.90 Å². The van der Waals surface area contributed by atoms with Gasteiger partial charge in [0.15, 0.2) is 0 Å². The molecule has 1 unspecified atom stereocenters. The van der Waals surface area contributed by atoms with E-state index in [2.05, 4.69) is 18.7 Å². The maximum atomic E-state index is 2.76. The number of hydrogen-bond donors (Lipinski definition) is 0. The summed E-state index contributed by atoms with van der Waals surface area (Å²) in [4.78, 5) is 2.76. The number of hydrogen-bond acceptors (Lipinski definition) is 1. The lowest BCUT2D eigenvalue weighted by atomic mass is 9.95. The van der Waals surface area contributed by atoms with E-state index < -0.39 is 0 Å². The lowest BCUT2D eigenvalue weighted by molar-refractivity contribution is 0.228. The van der Waals surface area contributed by atoms with Gasteiger partial charge in [0.2, 0.25) is 0 Å². The lowest BCUT2D eigenvalue weighted by Crippen LogP contribution is -2.31. The molecule has 0 spiro atoms. The minimum absolute atomic E-state index is 0.895. The molecule has 0 radical (unpaired) electrons. The second kappa shape index (κ2) is 4.00. The van der Waals surface area contributed by atoms with Crippen LogP contribution in [0, 0.1) is 11.8 Å². The molecule has 2 aliphatic rings. The molecule has 1 nitrogen and oxygen atoms in total. The lowest BCUT2D eigenvalue weighted by Gasteiger charge is -2.24. The molecule has 76 valence electrons. The van der Waals surface area contributed by atoms with Crippen molar-refractivity contribution in [1.29, 1.82) is 0 Å². The maximum absolute atomic E-state index is 2.76. The molecule has 1 heterocycles. The van der Waals surface area contributed by atoms with Gasteiger partial charge in [-0.1, -0.05) is 26.7 Å². The van der Waals surface area contributed by atoms with Crippen LogP contribution in [-0.4, -0.2) is 24.0 Å². The molecule has 1 aliphatic carbocycles. The zero-order valence-electron chi connectivity index (χ0n) is 9.13. The van der Waals surface area contributed by atoms with Crippen molar-refractivity contribution >= 4 is 0 Å². The van der Waals surface area contributed by atoms with Crippen LogP contribution in [-0.2, 0) is 0 Å². The van der Waals surface area contributed by atoms with E-state index in [0.29, 0.717) is 0 Å². The standard InChI is InChI=1S/C12H23N/c1-10(2)11-7-8-13(9-11)12-5-3-4-6-12/h10-12H,3-9H2,1-2H3. The van der Waals surface area contributed by atoms with Crippen molar-refractivity contribution in [1.82, 2.24) is 4.90 Å². The minimum atomic E-state index is 0.895. The van der Waals surface area contributed by atoms with E-state index in [9.17, 15) is 0 Å². The highest BCUT2D eigenvalue weighted by molar-refractivity contribution is 4.85. The Morgan fingerprint density at radius 2 is 1.77 bits per heavy atom. The van der Waals surface area contributed by atoms with Gasteiger partial charge in [-0.05, 0) is 37.6 Å². The van der Waals surface area contributed by atoms with Crippen molar-refractivity contribution in [3.8, 4) is 0 Å². The molecule has 0 amide bonds. The minimum Gasteiger partial charge on any atom is -0.300 e.